The van der Waals surface area contributed by atoms with Gasteiger partial charge in [0.1, 0.15) is 18.1 Å². The number of ether oxygens (including phenoxy) is 2. The first-order chi connectivity index (χ1) is 14.1. The highest BCUT2D eigenvalue weighted by molar-refractivity contribution is 5.99. The Labute approximate surface area is 170 Å². The highest BCUT2D eigenvalue weighted by Gasteiger charge is 2.17. The predicted octanol–water partition coefficient (Wildman–Crippen LogP) is 4.76. The van der Waals surface area contributed by atoms with Crippen LogP contribution in [0, 0.1) is 6.92 Å². The van der Waals surface area contributed by atoms with Gasteiger partial charge in [-0.2, -0.15) is 0 Å². The van der Waals surface area contributed by atoms with Crippen molar-refractivity contribution < 1.29 is 14.3 Å². The van der Waals surface area contributed by atoms with Crippen molar-refractivity contribution in [3.05, 3.63) is 89.0 Å². The summed E-state index contributed by atoms with van der Waals surface area (Å²) >= 11 is 0. The van der Waals surface area contributed by atoms with Crippen LogP contribution in [0.3, 0.4) is 0 Å². The summed E-state index contributed by atoms with van der Waals surface area (Å²) in [5.41, 5.74) is 5.98. The molecule has 0 atom stereocenters. The monoisotopic (exact) mass is 385 g/mol. The fourth-order valence-electron chi connectivity index (χ4n) is 3.31. The maximum absolute atomic E-state index is 12.6. The van der Waals surface area contributed by atoms with Crippen LogP contribution >= 0.6 is 0 Å². The lowest BCUT2D eigenvalue weighted by molar-refractivity contribution is -0.117. The third kappa shape index (κ3) is 4.32. The quantitative estimate of drug-likeness (QED) is 0.689. The second-order valence-corrected chi connectivity index (χ2v) is 7.11. The van der Waals surface area contributed by atoms with E-state index in [0.29, 0.717) is 12.1 Å². The van der Waals surface area contributed by atoms with Crippen LogP contribution in [0.2, 0.25) is 0 Å². The molecular weight excluding hydrogens is 362 g/mol. The molecule has 146 valence electrons. The first-order valence-electron chi connectivity index (χ1n) is 9.58. The van der Waals surface area contributed by atoms with Crippen molar-refractivity contribution in [3.8, 4) is 22.6 Å². The van der Waals surface area contributed by atoms with Gasteiger partial charge < -0.3 is 14.8 Å². The normalized spacial score (nSPS) is 12.4. The molecule has 4 rings (SSSR count). The maximum atomic E-state index is 12.6. The molecule has 0 radical (unpaired) electrons. The number of amides is 1. The van der Waals surface area contributed by atoms with Crippen molar-refractivity contribution in [2.45, 2.75) is 13.5 Å². The van der Waals surface area contributed by atoms with Gasteiger partial charge in [0.2, 0.25) is 0 Å². The summed E-state index contributed by atoms with van der Waals surface area (Å²) < 4.78 is 11.0. The van der Waals surface area contributed by atoms with E-state index in [9.17, 15) is 4.79 Å². The zero-order valence-electron chi connectivity index (χ0n) is 16.6. The van der Waals surface area contributed by atoms with Crippen LogP contribution in [0.15, 0.2) is 72.3 Å². The molecule has 0 aliphatic carbocycles. The number of carbonyl (C=O) groups is 1. The van der Waals surface area contributed by atoms with E-state index in [4.69, 9.17) is 9.47 Å². The number of nitrogens with one attached hydrogen (secondary N) is 1. The minimum Gasteiger partial charge on any atom is -0.497 e. The molecule has 3 aromatic rings. The number of fused-ring (bicyclic) bond motifs is 1. The van der Waals surface area contributed by atoms with Gasteiger partial charge in [0.05, 0.1) is 12.7 Å². The second-order valence-electron chi connectivity index (χ2n) is 7.11. The number of aryl methyl sites for hydroxylation is 1. The Kier molecular flexibility index (Phi) is 5.34. The van der Waals surface area contributed by atoms with Gasteiger partial charge in [-0.3, -0.25) is 4.79 Å². The molecule has 0 unspecified atom stereocenters. The lowest BCUT2D eigenvalue weighted by atomic mass is 9.99. The minimum absolute atomic E-state index is 0.126. The zero-order chi connectivity index (χ0) is 20.2. The molecule has 0 bridgehead atoms. The summed E-state index contributed by atoms with van der Waals surface area (Å²) in [4.78, 5) is 12.6. The van der Waals surface area contributed by atoms with Crippen molar-refractivity contribution in [2.24, 2.45) is 0 Å². The van der Waals surface area contributed by atoms with Gasteiger partial charge in [0, 0.05) is 12.1 Å². The first kappa shape index (κ1) is 18.8. The molecule has 0 saturated carbocycles. The van der Waals surface area contributed by atoms with E-state index in [1.807, 2.05) is 42.5 Å². The van der Waals surface area contributed by atoms with Gasteiger partial charge in [-0.1, -0.05) is 48.0 Å². The summed E-state index contributed by atoms with van der Waals surface area (Å²) in [6.07, 6.45) is 1.91. The number of hydrogen-bond acceptors (Lipinski definition) is 3. The fraction of sp³-hybridized carbons (Fsp3) is 0.160. The summed E-state index contributed by atoms with van der Waals surface area (Å²) in [6.45, 7) is 2.77. The van der Waals surface area contributed by atoms with Crippen LogP contribution in [0.5, 0.6) is 11.5 Å². The molecule has 4 nitrogen and oxygen atoms in total. The molecule has 29 heavy (non-hydrogen) atoms. The van der Waals surface area contributed by atoms with Crippen molar-refractivity contribution in [3.63, 3.8) is 0 Å². The van der Waals surface area contributed by atoms with E-state index >= 15 is 0 Å². The van der Waals surface area contributed by atoms with E-state index in [1.165, 1.54) is 5.56 Å². The zero-order valence-corrected chi connectivity index (χ0v) is 16.6. The van der Waals surface area contributed by atoms with Crippen LogP contribution in [0.25, 0.3) is 17.2 Å². The van der Waals surface area contributed by atoms with E-state index in [1.54, 1.807) is 7.11 Å². The largest absolute Gasteiger partial charge is 0.497 e. The number of carbonyl (C=O) groups excluding carboxylic acids is 1. The molecule has 1 heterocycles. The number of hydrogen-bond donors (Lipinski definition) is 1. The second kappa shape index (κ2) is 8.23. The smallest absolute Gasteiger partial charge is 0.250 e. The van der Waals surface area contributed by atoms with Crippen LogP contribution in [-0.2, 0) is 11.3 Å². The van der Waals surface area contributed by atoms with E-state index in [-0.39, 0.29) is 12.5 Å². The minimum atomic E-state index is -0.126. The van der Waals surface area contributed by atoms with Gasteiger partial charge in [-0.15, -0.1) is 0 Å². The Morgan fingerprint density at radius 2 is 1.83 bits per heavy atom. The number of rotatable bonds is 5. The van der Waals surface area contributed by atoms with Crippen LogP contribution < -0.4 is 14.8 Å². The van der Waals surface area contributed by atoms with Crippen molar-refractivity contribution in [2.75, 3.05) is 13.7 Å². The van der Waals surface area contributed by atoms with Gasteiger partial charge in [-0.25, -0.2) is 0 Å². The molecule has 3 aromatic carbocycles. The van der Waals surface area contributed by atoms with Gasteiger partial charge >= 0.3 is 0 Å². The number of benzene rings is 3. The van der Waals surface area contributed by atoms with Gasteiger partial charge in [0.15, 0.2) is 0 Å². The SMILES string of the molecule is COc1cccc(CNC(=O)C2=Cc3cc(-c4ccc(C)cc4)ccc3OC2)c1. The summed E-state index contributed by atoms with van der Waals surface area (Å²) in [5.74, 6) is 1.44. The van der Waals surface area contributed by atoms with Gasteiger partial charge in [0.25, 0.3) is 5.91 Å². The van der Waals surface area contributed by atoms with Gasteiger partial charge in [-0.05, 0) is 54.0 Å². The molecule has 1 amide bonds. The lowest BCUT2D eigenvalue weighted by Gasteiger charge is -2.18. The van der Waals surface area contributed by atoms with Crippen molar-refractivity contribution in [1.82, 2.24) is 5.32 Å². The molecule has 0 fully saturated rings. The molecule has 1 aliphatic rings. The molecule has 1 N–H and O–H groups in total. The van der Waals surface area contributed by atoms with E-state index in [0.717, 1.165) is 33.8 Å². The molecular formula is C25H23NO3. The van der Waals surface area contributed by atoms with E-state index in [2.05, 4.69) is 42.6 Å². The maximum Gasteiger partial charge on any atom is 0.250 e. The Hall–Kier alpha value is -3.53. The summed E-state index contributed by atoms with van der Waals surface area (Å²) in [6, 6.07) is 22.1. The Morgan fingerprint density at radius 3 is 2.62 bits per heavy atom. The van der Waals surface area contributed by atoms with Crippen molar-refractivity contribution in [1.29, 1.82) is 0 Å². The number of methoxy groups -OCH3 is 1. The molecule has 1 aliphatic heterocycles. The predicted molar refractivity (Wildman–Crippen MR) is 115 cm³/mol. The summed E-state index contributed by atoms with van der Waals surface area (Å²) in [7, 11) is 1.63. The average Bonchev–Trinajstić information content (AvgIpc) is 2.77. The third-order valence-electron chi connectivity index (χ3n) is 4.99. The molecule has 0 saturated heterocycles. The van der Waals surface area contributed by atoms with Crippen LogP contribution in [0.4, 0.5) is 0 Å². The topological polar surface area (TPSA) is 47.6 Å². The Morgan fingerprint density at radius 1 is 1.03 bits per heavy atom. The molecule has 0 spiro atoms. The average molecular weight is 385 g/mol. The molecule has 4 heteroatoms. The first-order valence-corrected chi connectivity index (χ1v) is 9.58. The highest BCUT2D eigenvalue weighted by atomic mass is 16.5. The third-order valence-corrected chi connectivity index (χ3v) is 4.99. The van der Waals surface area contributed by atoms with E-state index < -0.39 is 0 Å². The van der Waals surface area contributed by atoms with Crippen molar-refractivity contribution >= 4 is 12.0 Å². The molecule has 0 aromatic heterocycles. The Bertz CT molecular complexity index is 1070. The standard InChI is InChI=1S/C25H23NO3/c1-17-6-8-19(9-7-17)20-10-11-24-21(13-20)14-22(16-29-24)25(27)26-15-18-4-3-5-23(12-18)28-2/h3-14H,15-16H2,1-2H3,(H,26,27). The highest BCUT2D eigenvalue weighted by Crippen LogP contribution is 2.31. The lowest BCUT2D eigenvalue weighted by Crippen LogP contribution is -2.28. The Balaban J connectivity index is 1.50. The van der Waals surface area contributed by atoms with Crippen LogP contribution in [-0.4, -0.2) is 19.6 Å². The van der Waals surface area contributed by atoms with Crippen LogP contribution in [0.1, 0.15) is 16.7 Å². The summed E-state index contributed by atoms with van der Waals surface area (Å²) in [5, 5.41) is 2.96. The fourth-order valence-corrected chi connectivity index (χ4v) is 3.31.